The van der Waals surface area contributed by atoms with Gasteiger partial charge in [0, 0.05) is 85.9 Å². The average Bonchev–Trinajstić information content (AvgIpc) is 1.62. The molecule has 6 heterocycles. The van der Waals surface area contributed by atoms with Crippen LogP contribution in [0.3, 0.4) is 0 Å². The third-order valence-electron chi connectivity index (χ3n) is 21.8. The van der Waals surface area contributed by atoms with Crippen LogP contribution >= 0.6 is 23.2 Å². The fourth-order valence-corrected chi connectivity index (χ4v) is 14.4. The molecule has 0 fully saturated rings. The number of nitrogens with zero attached hydrogens (tertiary/aromatic N) is 7. The molecular weight excluding hydrogens is 1630 g/mol. The lowest BCUT2D eigenvalue weighted by Crippen LogP contribution is -2.35. The summed E-state index contributed by atoms with van der Waals surface area (Å²) in [4.78, 5) is 0. The number of hydrogen-bond acceptors (Lipinski definition) is 9. The number of aryl methyl sites for hydroxylation is 7. The van der Waals surface area contributed by atoms with Crippen molar-refractivity contribution in [2.24, 2.45) is 0 Å². The molecule has 6 aromatic heterocycles. The molecule has 18 heteroatoms. The van der Waals surface area contributed by atoms with E-state index in [0.29, 0.717) is 62.3 Å². The third kappa shape index (κ3) is 28.6. The van der Waals surface area contributed by atoms with Crippen molar-refractivity contribution in [1.29, 1.82) is 0 Å². The van der Waals surface area contributed by atoms with Gasteiger partial charge in [0.2, 0.25) is 22.8 Å². The SMILES string of the molecule is C.CC(C)(C)c1ccc(OCc2cccc[n+]2[O-])c(Cl)c1.Cc1cc(C(C)(C)C)cc2cnn(Cc3cccc(F)c3)c12.Cc1cc(C(C)(C)C)ccc1OCc1cccc(C)[n+]1[O-].Cc1cc(C(C)(C)C)ccc1OCc1cccc[n+]1[O-].Cc1cccc(COc2ccc(C(C)(C)C)cc2Cl)[n+]1[O-].Cc1cccc(Cn2ccc3cc(C(C)(C)C)cc(C)c32)c1. The van der Waals surface area contributed by atoms with Crippen LogP contribution in [0.4, 0.5) is 4.39 Å². The molecule has 15 nitrogen and oxygen atoms in total. The van der Waals surface area contributed by atoms with Gasteiger partial charge in [-0.05, 0) is 225 Å². The Morgan fingerprint density at radius 2 is 0.709 bits per heavy atom. The van der Waals surface area contributed by atoms with Crippen LogP contribution in [0.2, 0.25) is 10.0 Å². The van der Waals surface area contributed by atoms with E-state index in [1.54, 1.807) is 80.6 Å². The van der Waals surface area contributed by atoms with Crippen molar-refractivity contribution in [1.82, 2.24) is 14.3 Å². The molecule has 0 saturated heterocycles. The van der Waals surface area contributed by atoms with Crippen molar-refractivity contribution in [2.75, 3.05) is 0 Å². The van der Waals surface area contributed by atoms with Gasteiger partial charge in [-0.15, -0.1) is 0 Å². The summed E-state index contributed by atoms with van der Waals surface area (Å²) in [6.07, 6.45) is 7.04. The van der Waals surface area contributed by atoms with Gasteiger partial charge in [-0.2, -0.15) is 24.0 Å². The Morgan fingerprint density at radius 1 is 0.346 bits per heavy atom. The molecule has 0 aliphatic rings. The Morgan fingerprint density at radius 3 is 1.11 bits per heavy atom. The second kappa shape index (κ2) is 43.2. The molecule has 8 aromatic carbocycles. The molecular formula is C109H132Cl2FN7O8. The maximum Gasteiger partial charge on any atom is 0.230 e. The van der Waals surface area contributed by atoms with Gasteiger partial charge in [-0.25, -0.2) is 4.39 Å². The number of pyridine rings is 4. The lowest BCUT2D eigenvalue weighted by molar-refractivity contribution is -0.622. The van der Waals surface area contributed by atoms with Gasteiger partial charge >= 0.3 is 0 Å². The zero-order valence-electron chi connectivity index (χ0n) is 78.4. The van der Waals surface area contributed by atoms with E-state index < -0.39 is 0 Å². The molecule has 14 rings (SSSR count). The monoisotopic (exact) mass is 1760 g/mol. The van der Waals surface area contributed by atoms with Crippen molar-refractivity contribution < 1.29 is 42.3 Å². The number of aromatic nitrogens is 7. The minimum Gasteiger partial charge on any atom is -0.618 e. The maximum absolute atomic E-state index is 13.3. The minimum absolute atomic E-state index is 0. The van der Waals surface area contributed by atoms with E-state index in [0.717, 1.165) is 75.7 Å². The fraction of sp³-hybridized carbons (Fsp3) is 0.349. The fourth-order valence-electron chi connectivity index (χ4n) is 14.0. The summed E-state index contributed by atoms with van der Waals surface area (Å²) < 4.78 is 43.9. The molecule has 0 bridgehead atoms. The van der Waals surface area contributed by atoms with Gasteiger partial charge < -0.3 is 44.3 Å². The number of ether oxygens (including phenoxy) is 4. The summed E-state index contributed by atoms with van der Waals surface area (Å²) in [5.74, 6) is 2.61. The number of hydrogen-bond donors (Lipinski definition) is 0. The van der Waals surface area contributed by atoms with E-state index in [1.807, 2.05) is 97.5 Å². The smallest absolute Gasteiger partial charge is 0.230 e. The van der Waals surface area contributed by atoms with Gasteiger partial charge in [0.25, 0.3) is 0 Å². The highest BCUT2D eigenvalue weighted by Gasteiger charge is 2.24. The number of fused-ring (bicyclic) bond motifs is 2. The van der Waals surface area contributed by atoms with Crippen LogP contribution in [-0.2, 0) is 72.0 Å². The Hall–Kier alpha value is -11.7. The summed E-state index contributed by atoms with van der Waals surface area (Å²) in [5.41, 5.74) is 22.7. The van der Waals surface area contributed by atoms with Gasteiger partial charge in [0.15, 0.2) is 50.2 Å². The van der Waals surface area contributed by atoms with Crippen molar-refractivity contribution >= 4 is 45.0 Å². The summed E-state index contributed by atoms with van der Waals surface area (Å²) in [6, 6.07) is 72.1. The highest BCUT2D eigenvalue weighted by atomic mass is 35.5. The maximum atomic E-state index is 13.3. The van der Waals surface area contributed by atoms with Gasteiger partial charge in [0.05, 0.1) is 33.8 Å². The topological polar surface area (TPSA) is 167 Å². The number of halogens is 3. The first-order valence-electron chi connectivity index (χ1n) is 42.9. The molecule has 0 unspecified atom stereocenters. The van der Waals surface area contributed by atoms with E-state index in [4.69, 9.17) is 42.1 Å². The van der Waals surface area contributed by atoms with Crippen LogP contribution in [0, 0.1) is 75.1 Å². The van der Waals surface area contributed by atoms with Crippen molar-refractivity contribution in [3.05, 3.63) is 392 Å². The Bertz CT molecular complexity index is 5670. The highest BCUT2D eigenvalue weighted by molar-refractivity contribution is 6.32. The molecule has 0 N–H and O–H groups in total. The zero-order chi connectivity index (χ0) is 92.6. The van der Waals surface area contributed by atoms with E-state index in [2.05, 4.69) is 240 Å². The van der Waals surface area contributed by atoms with E-state index in [1.165, 1.54) is 73.9 Å². The first kappa shape index (κ1) is 101. The van der Waals surface area contributed by atoms with Crippen LogP contribution in [-0.4, -0.2) is 14.3 Å². The highest BCUT2D eigenvalue weighted by Crippen LogP contribution is 2.37. The number of rotatable bonds is 16. The molecule has 0 aliphatic heterocycles. The van der Waals surface area contributed by atoms with Crippen LogP contribution < -0.4 is 37.9 Å². The second-order valence-corrected chi connectivity index (χ2v) is 39.5. The lowest BCUT2D eigenvalue weighted by atomic mass is 9.85. The Balaban J connectivity index is 0.000000188. The van der Waals surface area contributed by atoms with E-state index in [-0.39, 0.29) is 72.2 Å². The first-order chi connectivity index (χ1) is 59.0. The van der Waals surface area contributed by atoms with Gasteiger partial charge in [0.1, 0.15) is 28.8 Å². The predicted octanol–water partition coefficient (Wildman–Crippen LogP) is 26.4. The van der Waals surface area contributed by atoms with Crippen LogP contribution in [0.15, 0.2) is 249 Å². The van der Waals surface area contributed by atoms with Crippen molar-refractivity contribution in [3.8, 4) is 23.0 Å². The molecule has 0 amide bonds. The predicted molar refractivity (Wildman–Crippen MR) is 520 cm³/mol. The molecule has 0 saturated carbocycles. The van der Waals surface area contributed by atoms with Crippen LogP contribution in [0.25, 0.3) is 21.8 Å². The summed E-state index contributed by atoms with van der Waals surface area (Å²) in [6.45, 7) is 55.9. The minimum atomic E-state index is -0.208. The third-order valence-corrected chi connectivity index (χ3v) is 22.4. The molecule has 0 aliphatic carbocycles. The molecule has 127 heavy (non-hydrogen) atoms. The summed E-state index contributed by atoms with van der Waals surface area (Å²) in [7, 11) is 0. The standard InChI is InChI=1S/C21H25N.C19H21FN2.C18H23NO2.C17H20ClNO2.C17H21NO2.C16H18ClNO2.CH4/c1-15-7-6-8-17(11-15)14-22-10-9-18-13-19(21(3,4)5)12-16(2)20(18)22;1-13-8-16(19(2,3)4)10-15-11-21-22(18(13)15)12-14-6-5-7-17(20)9-14;1-13-11-15(18(3,4)5)9-10-17(13)21-12-16-8-6-7-14(2)19(16)20;1-12-6-5-7-14(19(12)20)11-21-16-9-8-13(10-15(16)18)17(2,3)4;1-13-11-14(17(2,3)4)8-9-16(13)20-12-15-7-5-6-10-18(15)19;1-16(2,3)12-7-8-15(14(17)10-12)20-11-13-6-4-5-9-18(13)19;/h6-13H,14H2,1-5H3;5-11H,12H2,1-4H3;6-11H,12H2,1-5H3;5-10H,11H2,1-4H3;5-11H,12H2,1-4H3;4-10H,11H2,1-3H3;1H4. The first-order valence-corrected chi connectivity index (χ1v) is 43.7. The van der Waals surface area contributed by atoms with Crippen molar-refractivity contribution in [3.63, 3.8) is 0 Å². The molecule has 672 valence electrons. The normalized spacial score (nSPS) is 11.6. The van der Waals surface area contributed by atoms with Crippen LogP contribution in [0.1, 0.15) is 239 Å². The quantitative estimate of drug-likeness (QED) is 0.0675. The van der Waals surface area contributed by atoms with Gasteiger partial charge in [-0.1, -0.05) is 246 Å². The summed E-state index contributed by atoms with van der Waals surface area (Å²) in [5, 5.41) is 54.9. The zero-order valence-corrected chi connectivity index (χ0v) is 80.0. The molecule has 0 radical (unpaired) electrons. The lowest BCUT2D eigenvalue weighted by Gasteiger charge is -2.20. The van der Waals surface area contributed by atoms with E-state index in [9.17, 15) is 25.2 Å². The van der Waals surface area contributed by atoms with Crippen molar-refractivity contribution in [2.45, 2.75) is 253 Å². The Kier molecular flexibility index (Phi) is 34.2. The molecule has 0 spiro atoms. The molecule has 0 atom stereocenters. The molecule has 14 aromatic rings. The van der Waals surface area contributed by atoms with Crippen LogP contribution in [0.5, 0.6) is 23.0 Å². The second-order valence-electron chi connectivity index (χ2n) is 38.7. The van der Waals surface area contributed by atoms with E-state index >= 15 is 0 Å². The van der Waals surface area contributed by atoms with Gasteiger partial charge in [-0.3, -0.25) is 4.68 Å². The Labute approximate surface area is 764 Å². The largest absolute Gasteiger partial charge is 0.618 e. The summed E-state index contributed by atoms with van der Waals surface area (Å²) >= 11 is 12.5. The number of benzene rings is 8. The average molecular weight is 1760 g/mol.